The lowest BCUT2D eigenvalue weighted by Gasteiger charge is -2.33. The molecule has 5 heteroatoms. The van der Waals surface area contributed by atoms with Gasteiger partial charge in [0.1, 0.15) is 18.2 Å². The van der Waals surface area contributed by atoms with Crippen LogP contribution < -0.4 is 9.80 Å². The van der Waals surface area contributed by atoms with Crippen molar-refractivity contribution in [3.8, 4) is 0 Å². The molecule has 126 valence electrons. The van der Waals surface area contributed by atoms with Crippen LogP contribution in [-0.4, -0.2) is 32.0 Å². The van der Waals surface area contributed by atoms with E-state index in [1.807, 2.05) is 24.3 Å². The van der Waals surface area contributed by atoms with E-state index in [1.165, 1.54) is 17.0 Å². The predicted octanol–water partition coefficient (Wildman–Crippen LogP) is 2.07. The number of rotatable bonds is 4. The average Bonchev–Trinajstić information content (AvgIpc) is 2.58. The lowest BCUT2D eigenvalue weighted by atomic mass is 10.1. The molecule has 0 aromatic heterocycles. The number of nitrogens with one attached hydrogen (secondary N) is 1. The molecule has 0 radical (unpaired) electrons. The van der Waals surface area contributed by atoms with Crippen molar-refractivity contribution >= 4 is 11.5 Å². The Bertz CT molecular complexity index is 723. The highest BCUT2D eigenvalue weighted by molar-refractivity contribution is 5.94. The third kappa shape index (κ3) is 3.79. The second kappa shape index (κ2) is 7.09. The maximum absolute atomic E-state index is 13.8. The number of carbonyl (C=O) groups excluding carboxylic acids is 1. The number of piperazine rings is 1. The number of benzene rings is 2. The van der Waals surface area contributed by atoms with Crippen molar-refractivity contribution in [2.75, 3.05) is 31.1 Å². The minimum atomic E-state index is -0.537. The standard InChI is InChI=1S/C19H20F2N2O/c1-14(24)15-3-6-18(7-4-15)23-10-8-22(9-11-23)13-16-2-5-17(20)12-19(16)21/h2-7,12H,8-11,13H2,1H3/p+1. The number of hydrogen-bond donors (Lipinski definition) is 1. The van der Waals surface area contributed by atoms with Crippen LogP contribution in [0.15, 0.2) is 42.5 Å². The minimum absolute atomic E-state index is 0.0668. The zero-order valence-corrected chi connectivity index (χ0v) is 13.7. The van der Waals surface area contributed by atoms with Crippen LogP contribution in [0.3, 0.4) is 0 Å². The lowest BCUT2D eigenvalue weighted by molar-refractivity contribution is -0.914. The van der Waals surface area contributed by atoms with Gasteiger partial charge in [-0.25, -0.2) is 8.78 Å². The SMILES string of the molecule is CC(=O)c1ccc(N2CC[NH+](Cc3ccc(F)cc3F)CC2)cc1. The average molecular weight is 331 g/mol. The molecule has 1 saturated heterocycles. The van der Waals surface area contributed by atoms with Gasteiger partial charge in [0.15, 0.2) is 5.78 Å². The molecule has 2 aromatic carbocycles. The van der Waals surface area contributed by atoms with E-state index >= 15 is 0 Å². The topological polar surface area (TPSA) is 24.8 Å². The molecule has 1 heterocycles. The molecular formula is C19H21F2N2O+. The van der Waals surface area contributed by atoms with Crippen LogP contribution in [0.4, 0.5) is 14.5 Å². The van der Waals surface area contributed by atoms with Gasteiger partial charge in [-0.2, -0.15) is 0 Å². The van der Waals surface area contributed by atoms with E-state index in [4.69, 9.17) is 0 Å². The summed E-state index contributed by atoms with van der Waals surface area (Å²) >= 11 is 0. The van der Waals surface area contributed by atoms with Crippen molar-refractivity contribution in [1.82, 2.24) is 0 Å². The maximum atomic E-state index is 13.8. The van der Waals surface area contributed by atoms with E-state index in [-0.39, 0.29) is 5.78 Å². The number of halogens is 2. The summed E-state index contributed by atoms with van der Waals surface area (Å²) in [4.78, 5) is 14.9. The van der Waals surface area contributed by atoms with Crippen LogP contribution in [0, 0.1) is 11.6 Å². The van der Waals surface area contributed by atoms with E-state index in [0.717, 1.165) is 43.5 Å². The van der Waals surface area contributed by atoms with E-state index in [0.29, 0.717) is 12.1 Å². The highest BCUT2D eigenvalue weighted by Crippen LogP contribution is 2.16. The first-order valence-electron chi connectivity index (χ1n) is 8.16. The fourth-order valence-electron chi connectivity index (χ4n) is 3.10. The number of hydrogen-bond acceptors (Lipinski definition) is 2. The van der Waals surface area contributed by atoms with E-state index in [9.17, 15) is 13.6 Å². The third-order valence-electron chi connectivity index (χ3n) is 4.57. The first kappa shape index (κ1) is 16.6. The molecule has 1 N–H and O–H groups in total. The summed E-state index contributed by atoms with van der Waals surface area (Å²) in [5.74, 6) is -0.938. The van der Waals surface area contributed by atoms with Crippen molar-refractivity contribution in [2.24, 2.45) is 0 Å². The zero-order valence-electron chi connectivity index (χ0n) is 13.7. The molecule has 0 unspecified atom stereocenters. The molecule has 0 saturated carbocycles. The van der Waals surface area contributed by atoms with Crippen molar-refractivity contribution in [3.05, 3.63) is 65.2 Å². The number of anilines is 1. The van der Waals surface area contributed by atoms with Gasteiger partial charge in [0, 0.05) is 22.9 Å². The smallest absolute Gasteiger partial charge is 0.159 e. The highest BCUT2D eigenvalue weighted by atomic mass is 19.1. The summed E-state index contributed by atoms with van der Waals surface area (Å²) < 4.78 is 26.7. The fourth-order valence-corrected chi connectivity index (χ4v) is 3.10. The number of ketones is 1. The molecule has 0 atom stereocenters. The summed E-state index contributed by atoms with van der Waals surface area (Å²) in [5.41, 5.74) is 2.38. The molecular weight excluding hydrogens is 310 g/mol. The van der Waals surface area contributed by atoms with Gasteiger partial charge in [0.05, 0.1) is 26.2 Å². The first-order chi connectivity index (χ1) is 11.5. The molecule has 2 aromatic rings. The molecule has 24 heavy (non-hydrogen) atoms. The summed E-state index contributed by atoms with van der Waals surface area (Å²) in [6.07, 6.45) is 0. The Morgan fingerprint density at radius 1 is 1.08 bits per heavy atom. The molecule has 0 spiro atoms. The summed E-state index contributed by atoms with van der Waals surface area (Å²) in [6, 6.07) is 11.4. The van der Waals surface area contributed by atoms with E-state index < -0.39 is 11.6 Å². The van der Waals surface area contributed by atoms with Gasteiger partial charge < -0.3 is 9.80 Å². The largest absolute Gasteiger partial charge is 0.360 e. The Morgan fingerprint density at radius 2 is 1.75 bits per heavy atom. The Kier molecular flexibility index (Phi) is 4.90. The normalized spacial score (nSPS) is 15.5. The van der Waals surface area contributed by atoms with E-state index in [2.05, 4.69) is 4.90 Å². The number of Topliss-reactive ketones (excluding diaryl/α,β-unsaturated/α-hetero) is 1. The highest BCUT2D eigenvalue weighted by Gasteiger charge is 2.21. The summed E-state index contributed by atoms with van der Waals surface area (Å²) in [6.45, 7) is 5.67. The van der Waals surface area contributed by atoms with Gasteiger partial charge in [-0.15, -0.1) is 0 Å². The van der Waals surface area contributed by atoms with Crippen LogP contribution >= 0.6 is 0 Å². The second-order valence-corrected chi connectivity index (χ2v) is 6.25. The quantitative estimate of drug-likeness (QED) is 0.868. The van der Waals surface area contributed by atoms with Crippen LogP contribution in [0.1, 0.15) is 22.8 Å². The lowest BCUT2D eigenvalue weighted by Crippen LogP contribution is -3.13. The first-order valence-corrected chi connectivity index (χ1v) is 8.16. The Morgan fingerprint density at radius 3 is 2.33 bits per heavy atom. The Hall–Kier alpha value is -2.27. The molecule has 0 bridgehead atoms. The van der Waals surface area contributed by atoms with Gasteiger partial charge in [-0.05, 0) is 43.3 Å². The molecule has 1 fully saturated rings. The predicted molar refractivity (Wildman–Crippen MR) is 89.4 cm³/mol. The molecule has 3 nitrogen and oxygen atoms in total. The zero-order chi connectivity index (χ0) is 17.1. The third-order valence-corrected chi connectivity index (χ3v) is 4.57. The van der Waals surface area contributed by atoms with Crippen molar-refractivity contribution < 1.29 is 18.5 Å². The summed E-state index contributed by atoms with van der Waals surface area (Å²) in [7, 11) is 0. The van der Waals surface area contributed by atoms with Crippen LogP contribution in [0.25, 0.3) is 0 Å². The van der Waals surface area contributed by atoms with Gasteiger partial charge in [0.2, 0.25) is 0 Å². The van der Waals surface area contributed by atoms with Gasteiger partial charge in [0.25, 0.3) is 0 Å². The molecule has 0 amide bonds. The van der Waals surface area contributed by atoms with Crippen LogP contribution in [0.5, 0.6) is 0 Å². The van der Waals surface area contributed by atoms with Gasteiger partial charge >= 0.3 is 0 Å². The maximum Gasteiger partial charge on any atom is 0.159 e. The molecule has 1 aliphatic heterocycles. The number of nitrogens with zero attached hydrogens (tertiary/aromatic N) is 1. The molecule has 0 aliphatic carbocycles. The fraction of sp³-hybridized carbons (Fsp3) is 0.316. The minimum Gasteiger partial charge on any atom is -0.360 e. The van der Waals surface area contributed by atoms with Crippen molar-refractivity contribution in [3.63, 3.8) is 0 Å². The van der Waals surface area contributed by atoms with Crippen LogP contribution in [-0.2, 0) is 6.54 Å². The second-order valence-electron chi connectivity index (χ2n) is 6.25. The van der Waals surface area contributed by atoms with Gasteiger partial charge in [-0.1, -0.05) is 0 Å². The monoisotopic (exact) mass is 331 g/mol. The molecule has 1 aliphatic rings. The summed E-state index contributed by atoms with van der Waals surface area (Å²) in [5, 5.41) is 0. The van der Waals surface area contributed by atoms with Crippen LogP contribution in [0.2, 0.25) is 0 Å². The number of quaternary nitrogens is 1. The Labute approximate surface area is 140 Å². The van der Waals surface area contributed by atoms with Crippen molar-refractivity contribution in [1.29, 1.82) is 0 Å². The van der Waals surface area contributed by atoms with Gasteiger partial charge in [-0.3, -0.25) is 4.79 Å². The molecule has 3 rings (SSSR count). The Balaban J connectivity index is 1.58. The van der Waals surface area contributed by atoms with E-state index in [1.54, 1.807) is 6.92 Å². The number of carbonyl (C=O) groups is 1. The van der Waals surface area contributed by atoms with Crippen molar-refractivity contribution in [2.45, 2.75) is 13.5 Å².